The minimum absolute atomic E-state index is 0.305. The second kappa shape index (κ2) is 12.3. The maximum Gasteiger partial charge on any atom is 0.263 e. The molecule has 0 bridgehead atoms. The molecule has 1 aliphatic heterocycles. The second-order valence-electron chi connectivity index (χ2n) is 12.8. The van der Waals surface area contributed by atoms with Crippen molar-refractivity contribution in [3.05, 3.63) is 180 Å². The number of carbonyl (C=O) groups is 1. The van der Waals surface area contributed by atoms with E-state index in [9.17, 15) is 15.6 Å². The van der Waals surface area contributed by atoms with E-state index in [1.807, 2.05) is 120 Å². The van der Waals surface area contributed by atoms with Crippen molar-refractivity contribution in [2.75, 3.05) is 4.90 Å². The Hall–Kier alpha value is -7.25. The molecule has 1 unspecified atom stereocenters. The van der Waals surface area contributed by atoms with Gasteiger partial charge in [0.15, 0.2) is 6.23 Å². The van der Waals surface area contributed by atoms with Crippen LogP contribution < -0.4 is 4.90 Å². The van der Waals surface area contributed by atoms with Gasteiger partial charge < -0.3 is 9.67 Å². The fourth-order valence-corrected chi connectivity index (χ4v) is 7.69. The molecule has 6 nitrogen and oxygen atoms in total. The molecule has 0 saturated carbocycles. The quantitative estimate of drug-likeness (QED) is 0.198. The zero-order chi connectivity index (χ0) is 35.3. The maximum atomic E-state index is 15.2. The number of rotatable bonds is 5. The Morgan fingerprint density at radius 1 is 0.538 bits per heavy atom. The van der Waals surface area contributed by atoms with Gasteiger partial charge in [-0.2, -0.15) is 10.5 Å². The summed E-state index contributed by atoms with van der Waals surface area (Å²) in [7, 11) is 0. The summed E-state index contributed by atoms with van der Waals surface area (Å²) in [5, 5.41) is 34.5. The van der Waals surface area contributed by atoms with E-state index in [4.69, 9.17) is 0 Å². The van der Waals surface area contributed by atoms with Gasteiger partial charge in [0.1, 0.15) is 12.1 Å². The average Bonchev–Trinajstić information content (AvgIpc) is 3.69. The number of nitrogens with zero attached hydrogens (tertiary/aromatic N) is 4. The summed E-state index contributed by atoms with van der Waals surface area (Å²) in [6, 6.07) is 55.1. The number of para-hydroxylation sites is 2. The first-order valence-electron chi connectivity index (χ1n) is 16.9. The second-order valence-corrected chi connectivity index (χ2v) is 12.8. The molecule has 1 aromatic heterocycles. The van der Waals surface area contributed by atoms with Crippen molar-refractivity contribution in [1.29, 1.82) is 10.5 Å². The van der Waals surface area contributed by atoms with Crippen LogP contribution in [0.25, 0.3) is 60.9 Å². The van der Waals surface area contributed by atoms with Crippen LogP contribution in [0.15, 0.2) is 158 Å². The third kappa shape index (κ3) is 4.64. The SMILES string of the molecule is N#Cc1cccc2c3cccc(C#N)c3n(-c3cccc4c3C(=O)N(c3c(-c5ccccc5)cc(-c5ccccc5)cc3-c3ccccc3)C4O)c12. The monoisotopic (exact) mass is 668 g/mol. The van der Waals surface area contributed by atoms with Crippen LogP contribution >= 0.6 is 0 Å². The molecule has 0 saturated heterocycles. The topological polar surface area (TPSA) is 93.0 Å². The molecule has 1 amide bonds. The van der Waals surface area contributed by atoms with Crippen molar-refractivity contribution in [3.8, 4) is 51.2 Å². The smallest absolute Gasteiger partial charge is 0.263 e. The van der Waals surface area contributed by atoms with E-state index in [-0.39, 0.29) is 5.91 Å². The van der Waals surface area contributed by atoms with Crippen molar-refractivity contribution in [2.24, 2.45) is 0 Å². The van der Waals surface area contributed by atoms with Gasteiger partial charge in [0.2, 0.25) is 0 Å². The number of aromatic nitrogens is 1. The lowest BCUT2D eigenvalue weighted by atomic mass is 9.90. The Labute approximate surface area is 299 Å². The van der Waals surface area contributed by atoms with Crippen molar-refractivity contribution >= 4 is 33.4 Å². The molecule has 0 radical (unpaired) electrons. The van der Waals surface area contributed by atoms with Crippen LogP contribution in [0.2, 0.25) is 0 Å². The molecular weight excluding hydrogens is 641 g/mol. The zero-order valence-corrected chi connectivity index (χ0v) is 27.7. The highest BCUT2D eigenvalue weighted by Gasteiger charge is 2.41. The van der Waals surface area contributed by atoms with E-state index >= 15 is 4.79 Å². The van der Waals surface area contributed by atoms with Gasteiger partial charge >= 0.3 is 0 Å². The number of anilines is 1. The molecule has 1 aliphatic rings. The van der Waals surface area contributed by atoms with Crippen molar-refractivity contribution in [1.82, 2.24) is 4.57 Å². The summed E-state index contributed by atoms with van der Waals surface area (Å²) < 4.78 is 1.85. The molecule has 1 atom stereocenters. The van der Waals surface area contributed by atoms with E-state index in [1.54, 1.807) is 18.2 Å². The molecule has 9 rings (SSSR count). The summed E-state index contributed by atoms with van der Waals surface area (Å²) in [5.41, 5.74) is 9.17. The number of aliphatic hydroxyl groups is 1. The molecule has 0 spiro atoms. The number of hydrogen-bond donors (Lipinski definition) is 1. The first-order valence-corrected chi connectivity index (χ1v) is 16.9. The van der Waals surface area contributed by atoms with Gasteiger partial charge in [-0.1, -0.05) is 127 Å². The van der Waals surface area contributed by atoms with Gasteiger partial charge in [-0.05, 0) is 52.6 Å². The number of nitriles is 2. The van der Waals surface area contributed by atoms with Gasteiger partial charge in [0.05, 0.1) is 39.1 Å². The van der Waals surface area contributed by atoms with Crippen LogP contribution in [-0.4, -0.2) is 15.6 Å². The van der Waals surface area contributed by atoms with E-state index in [0.717, 1.165) is 44.2 Å². The van der Waals surface area contributed by atoms with Crippen LogP contribution in [0.1, 0.15) is 33.3 Å². The summed E-state index contributed by atoms with van der Waals surface area (Å²) in [5.74, 6) is -0.390. The molecule has 7 aromatic carbocycles. The fraction of sp³-hybridized carbons (Fsp3) is 0.0217. The van der Waals surface area contributed by atoms with Crippen molar-refractivity contribution in [2.45, 2.75) is 6.23 Å². The van der Waals surface area contributed by atoms with E-state index in [2.05, 4.69) is 36.4 Å². The molecule has 0 aliphatic carbocycles. The Morgan fingerprint density at radius 3 is 1.52 bits per heavy atom. The summed E-state index contributed by atoms with van der Waals surface area (Å²) in [6.45, 7) is 0. The average molecular weight is 669 g/mol. The van der Waals surface area contributed by atoms with Gasteiger partial charge in [-0.3, -0.25) is 9.69 Å². The predicted molar refractivity (Wildman–Crippen MR) is 205 cm³/mol. The predicted octanol–water partition coefficient (Wildman–Crippen LogP) is 10.2. The highest BCUT2D eigenvalue weighted by molar-refractivity contribution is 6.19. The molecule has 2 heterocycles. The Balaban J connectivity index is 1.35. The number of carbonyl (C=O) groups excluding carboxylic acids is 1. The largest absolute Gasteiger partial charge is 0.369 e. The molecule has 6 heteroatoms. The highest BCUT2D eigenvalue weighted by Crippen LogP contribution is 2.49. The zero-order valence-electron chi connectivity index (χ0n) is 27.7. The lowest BCUT2D eigenvalue weighted by molar-refractivity contribution is 0.0935. The molecule has 8 aromatic rings. The third-order valence-corrected chi connectivity index (χ3v) is 9.95. The number of benzene rings is 7. The molecule has 244 valence electrons. The first kappa shape index (κ1) is 30.8. The first-order chi connectivity index (χ1) is 25.6. The molecular formula is C46H28N4O2. The van der Waals surface area contributed by atoms with E-state index < -0.39 is 6.23 Å². The van der Waals surface area contributed by atoms with E-state index in [1.165, 1.54) is 4.90 Å². The van der Waals surface area contributed by atoms with Gasteiger partial charge in [0, 0.05) is 27.5 Å². The summed E-state index contributed by atoms with van der Waals surface area (Å²) in [6.07, 6.45) is -1.33. The van der Waals surface area contributed by atoms with Gasteiger partial charge in [0.25, 0.3) is 5.91 Å². The number of fused-ring (bicyclic) bond motifs is 4. The van der Waals surface area contributed by atoms with Crippen LogP contribution in [0.4, 0.5) is 5.69 Å². The fourth-order valence-electron chi connectivity index (χ4n) is 7.69. The Morgan fingerprint density at radius 2 is 1.02 bits per heavy atom. The standard InChI is InChI=1S/C46H28N4O2/c47-27-32-19-10-21-35-36-22-11-20-33(28-48)43(36)49(42(32)35)40-24-12-23-37-41(40)46(52)50(45(37)51)44-38(30-15-6-2-7-16-30)25-34(29-13-4-1-5-14-29)26-39(44)31-17-8-3-9-18-31/h1-26,45,51H. The minimum Gasteiger partial charge on any atom is -0.369 e. The molecule has 1 N–H and O–H groups in total. The van der Waals surface area contributed by atoms with Crippen LogP contribution in [0.3, 0.4) is 0 Å². The molecule has 0 fully saturated rings. The lowest BCUT2D eigenvalue weighted by Crippen LogP contribution is -2.29. The van der Waals surface area contributed by atoms with Crippen LogP contribution in [-0.2, 0) is 0 Å². The molecule has 52 heavy (non-hydrogen) atoms. The summed E-state index contributed by atoms with van der Waals surface area (Å²) in [4.78, 5) is 16.7. The Kier molecular flexibility index (Phi) is 7.26. The number of aliphatic hydroxyl groups excluding tert-OH is 1. The van der Waals surface area contributed by atoms with Crippen LogP contribution in [0, 0.1) is 22.7 Å². The van der Waals surface area contributed by atoms with Gasteiger partial charge in [-0.25, -0.2) is 0 Å². The van der Waals surface area contributed by atoms with Crippen molar-refractivity contribution in [3.63, 3.8) is 0 Å². The van der Waals surface area contributed by atoms with Gasteiger partial charge in [-0.15, -0.1) is 0 Å². The van der Waals surface area contributed by atoms with E-state index in [0.29, 0.717) is 44.7 Å². The van der Waals surface area contributed by atoms with Crippen molar-refractivity contribution < 1.29 is 9.90 Å². The summed E-state index contributed by atoms with van der Waals surface area (Å²) >= 11 is 0. The maximum absolute atomic E-state index is 15.2. The van der Waals surface area contributed by atoms with Crippen LogP contribution in [0.5, 0.6) is 0 Å². The third-order valence-electron chi connectivity index (χ3n) is 9.95. The number of amides is 1. The number of hydrogen-bond acceptors (Lipinski definition) is 4. The highest BCUT2D eigenvalue weighted by atomic mass is 16.3. The lowest BCUT2D eigenvalue weighted by Gasteiger charge is -2.28. The normalized spacial score (nSPS) is 13.6. The Bertz CT molecular complexity index is 2660. The minimum atomic E-state index is -1.33.